The van der Waals surface area contributed by atoms with Gasteiger partial charge in [-0.15, -0.1) is 0 Å². The van der Waals surface area contributed by atoms with Gasteiger partial charge in [0, 0.05) is 48.0 Å². The SMILES string of the molecule is CC(C)Oc1ccc(-c2cc(O[C@@H]3C[C@H]4C(=O)N[C@]5(C(=O)NS(=O)(=O)C6(C)CC6)C[C@H]5/C=C\CC[C@@H](C)C[C@@H](C)[C@H](NC(=O)OC(C)(C)C(F)(F)F)C(=O)N4C3)cc(-c3cccnc3)n2)cc1. The van der Waals surface area contributed by atoms with Crippen molar-refractivity contribution in [3.05, 3.63) is 73.1 Å². The summed E-state index contributed by atoms with van der Waals surface area (Å²) in [6, 6.07) is 11.5. The first-order valence-corrected chi connectivity index (χ1v) is 24.2. The molecule has 2 saturated carbocycles. The summed E-state index contributed by atoms with van der Waals surface area (Å²) in [6.07, 6.45) is 1.77. The van der Waals surface area contributed by atoms with Crippen LogP contribution in [0.4, 0.5) is 18.0 Å². The van der Waals surface area contributed by atoms with Crippen LogP contribution >= 0.6 is 0 Å². The molecule has 7 rings (SSSR count). The number of carbonyl (C=O) groups is 4. The van der Waals surface area contributed by atoms with Crippen molar-refractivity contribution in [2.75, 3.05) is 6.54 Å². The molecule has 4 amide bonds. The first-order valence-electron chi connectivity index (χ1n) is 22.7. The fourth-order valence-electron chi connectivity index (χ4n) is 8.60. The third-order valence-electron chi connectivity index (χ3n) is 13.1. The average Bonchev–Trinajstić information content (AvgIpc) is 4.14. The molecule has 4 aliphatic rings. The second-order valence-electron chi connectivity index (χ2n) is 19.5. The van der Waals surface area contributed by atoms with Crippen LogP contribution in [0.2, 0.25) is 0 Å². The van der Waals surface area contributed by atoms with Gasteiger partial charge < -0.3 is 29.7 Å². The summed E-state index contributed by atoms with van der Waals surface area (Å²) in [5, 5.41) is 5.24. The van der Waals surface area contributed by atoms with E-state index >= 15 is 4.79 Å². The topological polar surface area (TPSA) is 195 Å². The Labute approximate surface area is 389 Å². The molecule has 0 spiro atoms. The van der Waals surface area contributed by atoms with Crippen molar-refractivity contribution in [3.8, 4) is 34.0 Å². The Morgan fingerprint density at radius 3 is 2.30 bits per heavy atom. The Morgan fingerprint density at radius 1 is 0.985 bits per heavy atom. The van der Waals surface area contributed by atoms with Gasteiger partial charge in [-0.05, 0) is 121 Å². The Morgan fingerprint density at radius 2 is 1.67 bits per heavy atom. The molecule has 362 valence electrons. The number of allylic oxidation sites excluding steroid dienone is 1. The Kier molecular flexibility index (Phi) is 13.8. The molecule has 2 aromatic heterocycles. The molecule has 19 heteroatoms. The first-order chi connectivity index (χ1) is 31.4. The first kappa shape index (κ1) is 49.2. The summed E-state index contributed by atoms with van der Waals surface area (Å²) >= 11 is 0. The number of amides is 4. The van der Waals surface area contributed by atoms with Crippen LogP contribution in [0.25, 0.3) is 22.5 Å². The second-order valence-corrected chi connectivity index (χ2v) is 21.7. The quantitative estimate of drug-likeness (QED) is 0.164. The number of nitrogens with zero attached hydrogens (tertiary/aromatic N) is 3. The van der Waals surface area contributed by atoms with E-state index in [4.69, 9.17) is 19.2 Å². The molecule has 1 saturated heterocycles. The van der Waals surface area contributed by atoms with Gasteiger partial charge in [-0.25, -0.2) is 18.2 Å². The van der Waals surface area contributed by atoms with Gasteiger partial charge in [-0.3, -0.25) is 24.1 Å². The van der Waals surface area contributed by atoms with Crippen LogP contribution in [0, 0.1) is 17.8 Å². The van der Waals surface area contributed by atoms with Gasteiger partial charge in [0.05, 0.1) is 28.8 Å². The molecule has 0 bridgehead atoms. The minimum Gasteiger partial charge on any atom is -0.491 e. The predicted molar refractivity (Wildman–Crippen MR) is 242 cm³/mol. The molecule has 4 heterocycles. The summed E-state index contributed by atoms with van der Waals surface area (Å²) < 4.78 is 86.7. The van der Waals surface area contributed by atoms with Crippen molar-refractivity contribution in [2.45, 2.75) is 140 Å². The van der Waals surface area contributed by atoms with Gasteiger partial charge in [-0.1, -0.05) is 26.0 Å². The van der Waals surface area contributed by atoms with E-state index in [0.29, 0.717) is 74.4 Å². The van der Waals surface area contributed by atoms with Crippen LogP contribution in [-0.4, -0.2) is 100 Å². The van der Waals surface area contributed by atoms with Gasteiger partial charge in [0.2, 0.25) is 27.4 Å². The second kappa shape index (κ2) is 18.8. The van der Waals surface area contributed by atoms with Crippen molar-refractivity contribution < 1.29 is 55.0 Å². The summed E-state index contributed by atoms with van der Waals surface area (Å²) in [4.78, 5) is 67.5. The van der Waals surface area contributed by atoms with E-state index in [9.17, 15) is 36.0 Å². The number of alkyl halides is 3. The standard InChI is InChI=1S/C48H59F3N6O9S/c1-28(2)64-34-16-14-31(15-17-34)37-22-35(23-38(53-37)32-12-10-20-52-26-32)65-36-24-39-41(58)55-47(43(60)56-67(62,63)46(7)18-19-46)25-33(47)13-9-8-11-29(3)21-30(4)40(42(59)57(39)27-36)54-44(61)66-45(5,6)48(49,50)51/h9-10,12-17,20,22-23,26,28-30,33,36,39-40H,8,11,18-19,21,24-25,27H2,1-7H3,(H,54,61)(H,55,58)(H,56,60)/b13-9-/t29-,30-,33-,36-,39+,40+,47-/m1/s1. The molecule has 3 N–H and O–H groups in total. The average molecular weight is 953 g/mol. The third-order valence-corrected chi connectivity index (χ3v) is 15.3. The maximum absolute atomic E-state index is 15.0. The molecule has 7 atom stereocenters. The normalized spacial score (nSPS) is 27.0. The van der Waals surface area contributed by atoms with Crippen LogP contribution in [-0.2, 0) is 29.1 Å². The van der Waals surface area contributed by atoms with E-state index < -0.39 is 85.9 Å². The van der Waals surface area contributed by atoms with Crippen molar-refractivity contribution >= 4 is 33.8 Å². The minimum absolute atomic E-state index is 0.0436. The molecule has 2 aliphatic heterocycles. The number of fused-ring (bicyclic) bond motifs is 2. The molecular weight excluding hydrogens is 894 g/mol. The highest BCUT2D eigenvalue weighted by molar-refractivity contribution is 7.91. The van der Waals surface area contributed by atoms with Crippen molar-refractivity contribution in [1.29, 1.82) is 0 Å². The fraction of sp³-hybridized carbons (Fsp3) is 0.542. The van der Waals surface area contributed by atoms with Crippen LogP contribution in [0.1, 0.15) is 93.4 Å². The van der Waals surface area contributed by atoms with E-state index in [1.807, 2.05) is 57.2 Å². The van der Waals surface area contributed by atoms with Crippen molar-refractivity contribution in [2.24, 2.45) is 17.8 Å². The molecule has 1 aromatic carbocycles. The van der Waals surface area contributed by atoms with Crippen LogP contribution in [0.15, 0.2) is 73.1 Å². The number of carbonyl (C=O) groups excluding carboxylic acids is 4. The highest BCUT2D eigenvalue weighted by atomic mass is 32.2. The number of sulfonamides is 1. The van der Waals surface area contributed by atoms with Crippen LogP contribution in [0.3, 0.4) is 0 Å². The van der Waals surface area contributed by atoms with E-state index in [1.54, 1.807) is 43.6 Å². The molecule has 67 heavy (non-hydrogen) atoms. The lowest BCUT2D eigenvalue weighted by Crippen LogP contribution is -2.59. The number of hydrogen-bond donors (Lipinski definition) is 3. The number of pyridine rings is 2. The van der Waals surface area contributed by atoms with Gasteiger partial charge in [0.1, 0.15) is 35.2 Å². The third kappa shape index (κ3) is 11.0. The monoisotopic (exact) mass is 952 g/mol. The summed E-state index contributed by atoms with van der Waals surface area (Å²) in [5.74, 6) is -2.77. The molecule has 3 aromatic rings. The number of hydrogen-bond acceptors (Lipinski definition) is 11. The smallest absolute Gasteiger partial charge is 0.427 e. The number of benzene rings is 1. The number of ether oxygens (including phenoxy) is 3. The fourth-order valence-corrected chi connectivity index (χ4v) is 9.91. The van der Waals surface area contributed by atoms with E-state index in [2.05, 4.69) is 20.3 Å². The molecule has 2 aliphatic carbocycles. The van der Waals surface area contributed by atoms with Crippen molar-refractivity contribution in [1.82, 2.24) is 30.2 Å². The lowest BCUT2D eigenvalue weighted by Gasteiger charge is -2.34. The highest BCUT2D eigenvalue weighted by Crippen LogP contribution is 2.48. The Hall–Kier alpha value is -5.72. The van der Waals surface area contributed by atoms with Gasteiger partial charge in [0.15, 0.2) is 0 Å². The Balaban J connectivity index is 1.25. The molecule has 15 nitrogen and oxygen atoms in total. The summed E-state index contributed by atoms with van der Waals surface area (Å²) in [5.41, 5.74) is -2.13. The minimum atomic E-state index is -4.93. The number of nitrogens with one attached hydrogen (secondary N) is 3. The summed E-state index contributed by atoms with van der Waals surface area (Å²) in [6.45, 7) is 10.2. The number of halogens is 3. The van der Waals surface area contributed by atoms with Crippen LogP contribution < -0.4 is 24.8 Å². The predicted octanol–water partition coefficient (Wildman–Crippen LogP) is 7.27. The largest absolute Gasteiger partial charge is 0.491 e. The van der Waals surface area contributed by atoms with Gasteiger partial charge in [-0.2, -0.15) is 13.2 Å². The van der Waals surface area contributed by atoms with E-state index in [0.717, 1.165) is 5.56 Å². The lowest BCUT2D eigenvalue weighted by molar-refractivity contribution is -0.244. The van der Waals surface area contributed by atoms with Crippen molar-refractivity contribution in [3.63, 3.8) is 0 Å². The zero-order chi connectivity index (χ0) is 48.7. The van der Waals surface area contributed by atoms with Gasteiger partial charge >= 0.3 is 12.3 Å². The molecule has 0 radical (unpaired) electrons. The Bertz CT molecular complexity index is 2480. The van der Waals surface area contributed by atoms with Gasteiger partial charge in [0.25, 0.3) is 5.91 Å². The van der Waals surface area contributed by atoms with E-state index in [1.165, 1.54) is 11.8 Å². The number of aromatic nitrogens is 2. The molecule has 3 fully saturated rings. The molecule has 0 unspecified atom stereocenters. The van der Waals surface area contributed by atoms with Crippen LogP contribution in [0.5, 0.6) is 11.5 Å². The summed E-state index contributed by atoms with van der Waals surface area (Å²) in [7, 11) is -4.11. The zero-order valence-electron chi connectivity index (χ0n) is 38.7. The zero-order valence-corrected chi connectivity index (χ0v) is 39.5. The number of alkyl carbamates (subject to hydrolysis) is 1. The highest BCUT2D eigenvalue weighted by Gasteiger charge is 2.63. The maximum Gasteiger partial charge on any atom is 0.427 e. The number of rotatable bonds is 11. The lowest BCUT2D eigenvalue weighted by atomic mass is 9.88. The van der Waals surface area contributed by atoms with E-state index in [-0.39, 0.29) is 31.4 Å². The maximum atomic E-state index is 15.0. The molecular formula is C48H59F3N6O9S.